The van der Waals surface area contributed by atoms with E-state index in [0.29, 0.717) is 39.3 Å². The average Bonchev–Trinajstić information content (AvgIpc) is 3.16. The van der Waals surface area contributed by atoms with Crippen LogP contribution in [0.15, 0.2) is 30.5 Å². The van der Waals surface area contributed by atoms with Crippen LogP contribution in [-0.2, 0) is 28.9 Å². The summed E-state index contributed by atoms with van der Waals surface area (Å²) < 4.78 is 5.32. The fraction of sp³-hybridized carbons (Fsp3) is 0.450. The molecule has 7 heteroatoms. The van der Waals surface area contributed by atoms with Gasteiger partial charge in [0.2, 0.25) is 5.91 Å². The highest BCUT2D eigenvalue weighted by molar-refractivity contribution is 7.14. The van der Waals surface area contributed by atoms with Gasteiger partial charge < -0.3 is 15.0 Å². The van der Waals surface area contributed by atoms with Crippen LogP contribution in [0, 0.1) is 5.92 Å². The van der Waals surface area contributed by atoms with Crippen LogP contribution in [0.3, 0.4) is 0 Å². The number of aryl methyl sites for hydroxylation is 1. The quantitative estimate of drug-likeness (QED) is 0.874. The third-order valence-electron chi connectivity index (χ3n) is 5.13. The second kappa shape index (κ2) is 8.19. The van der Waals surface area contributed by atoms with Gasteiger partial charge in [0.25, 0.3) is 5.91 Å². The summed E-state index contributed by atoms with van der Waals surface area (Å²) in [6.07, 6.45) is 4.12. The highest BCUT2D eigenvalue weighted by atomic mass is 32.1. The normalized spacial score (nSPS) is 19.4. The molecule has 1 atom stereocenters. The smallest absolute Gasteiger partial charge is 0.264 e. The van der Waals surface area contributed by atoms with E-state index in [-0.39, 0.29) is 17.7 Å². The SMILES string of the molecule is O=C(NCc1ccccn1)C1CCc2sc(C(=O)N3CCOCC3)cc2C1. The maximum atomic E-state index is 12.7. The Hall–Kier alpha value is -2.25. The van der Waals surface area contributed by atoms with Crippen LogP contribution in [0.4, 0.5) is 0 Å². The molecule has 1 unspecified atom stereocenters. The van der Waals surface area contributed by atoms with Gasteiger partial charge in [-0.05, 0) is 43.0 Å². The van der Waals surface area contributed by atoms with Crippen LogP contribution >= 0.6 is 11.3 Å². The minimum atomic E-state index is -0.0397. The third-order valence-corrected chi connectivity index (χ3v) is 6.36. The predicted octanol–water partition coefficient (Wildman–Crippen LogP) is 2.04. The number of morpholine rings is 1. The van der Waals surface area contributed by atoms with Crippen molar-refractivity contribution < 1.29 is 14.3 Å². The summed E-state index contributed by atoms with van der Waals surface area (Å²) in [5.74, 6) is 0.120. The van der Waals surface area contributed by atoms with Gasteiger partial charge in [-0.15, -0.1) is 11.3 Å². The minimum absolute atomic E-state index is 0.0397. The van der Waals surface area contributed by atoms with E-state index in [0.717, 1.165) is 29.0 Å². The molecular weight excluding hydrogens is 362 g/mol. The Bertz CT molecular complexity index is 815. The van der Waals surface area contributed by atoms with Crippen molar-refractivity contribution >= 4 is 23.2 Å². The van der Waals surface area contributed by atoms with E-state index in [1.165, 1.54) is 4.88 Å². The Morgan fingerprint density at radius 3 is 2.93 bits per heavy atom. The molecule has 6 nitrogen and oxygen atoms in total. The van der Waals surface area contributed by atoms with Crippen LogP contribution in [0.25, 0.3) is 0 Å². The number of hydrogen-bond donors (Lipinski definition) is 1. The van der Waals surface area contributed by atoms with Gasteiger partial charge in [-0.25, -0.2) is 0 Å². The molecule has 1 aliphatic carbocycles. The molecule has 2 amide bonds. The van der Waals surface area contributed by atoms with Gasteiger partial charge >= 0.3 is 0 Å². The van der Waals surface area contributed by atoms with Crippen LogP contribution in [0.2, 0.25) is 0 Å². The first-order chi connectivity index (χ1) is 13.2. The van der Waals surface area contributed by atoms with E-state index >= 15 is 0 Å². The summed E-state index contributed by atoms with van der Waals surface area (Å²) in [7, 11) is 0. The summed E-state index contributed by atoms with van der Waals surface area (Å²) in [5.41, 5.74) is 2.01. The Kier molecular flexibility index (Phi) is 5.50. The van der Waals surface area contributed by atoms with Crippen LogP contribution in [0.5, 0.6) is 0 Å². The molecular formula is C20H23N3O3S. The topological polar surface area (TPSA) is 71.5 Å². The summed E-state index contributed by atoms with van der Waals surface area (Å²) >= 11 is 1.59. The van der Waals surface area contributed by atoms with E-state index in [1.807, 2.05) is 29.2 Å². The van der Waals surface area contributed by atoms with Crippen molar-refractivity contribution in [2.45, 2.75) is 25.8 Å². The maximum Gasteiger partial charge on any atom is 0.264 e. The van der Waals surface area contributed by atoms with Gasteiger partial charge in [0.15, 0.2) is 0 Å². The number of nitrogens with zero attached hydrogens (tertiary/aromatic N) is 2. The van der Waals surface area contributed by atoms with Gasteiger partial charge in [-0.1, -0.05) is 6.07 Å². The van der Waals surface area contributed by atoms with E-state index < -0.39 is 0 Å². The highest BCUT2D eigenvalue weighted by Gasteiger charge is 2.28. The molecule has 1 fully saturated rings. The summed E-state index contributed by atoms with van der Waals surface area (Å²) in [6, 6.07) is 7.68. The second-order valence-corrected chi connectivity index (χ2v) is 8.08. The molecule has 0 spiro atoms. The van der Waals surface area contributed by atoms with Crippen molar-refractivity contribution in [1.29, 1.82) is 0 Å². The maximum absolute atomic E-state index is 12.7. The second-order valence-electron chi connectivity index (χ2n) is 6.94. The Balaban J connectivity index is 1.37. The van der Waals surface area contributed by atoms with Crippen molar-refractivity contribution in [3.05, 3.63) is 51.5 Å². The monoisotopic (exact) mass is 385 g/mol. The Morgan fingerprint density at radius 1 is 1.30 bits per heavy atom. The third kappa shape index (κ3) is 4.20. The number of carbonyl (C=O) groups is 2. The van der Waals surface area contributed by atoms with Crippen LogP contribution < -0.4 is 5.32 Å². The molecule has 2 aliphatic rings. The number of aromatic nitrogens is 1. The standard InChI is InChI=1S/C20H23N3O3S/c24-19(22-13-16-3-1-2-6-21-16)14-4-5-17-15(11-14)12-18(27-17)20(25)23-7-9-26-10-8-23/h1-3,6,12,14H,4-5,7-11,13H2,(H,22,24). The van der Waals surface area contributed by atoms with Gasteiger partial charge in [0.05, 0.1) is 30.3 Å². The molecule has 4 rings (SSSR count). The number of fused-ring (bicyclic) bond motifs is 1. The lowest BCUT2D eigenvalue weighted by atomic mass is 9.87. The van der Waals surface area contributed by atoms with Gasteiger partial charge in [0, 0.05) is 30.1 Å². The van der Waals surface area contributed by atoms with Crippen molar-refractivity contribution in [2.24, 2.45) is 5.92 Å². The molecule has 0 saturated carbocycles. The number of ether oxygens (including phenoxy) is 1. The number of hydrogen-bond acceptors (Lipinski definition) is 5. The molecule has 0 bridgehead atoms. The molecule has 0 radical (unpaired) electrons. The van der Waals surface area contributed by atoms with Crippen molar-refractivity contribution in [3.63, 3.8) is 0 Å². The molecule has 27 heavy (non-hydrogen) atoms. The molecule has 2 aromatic rings. The van der Waals surface area contributed by atoms with Crippen LogP contribution in [-0.4, -0.2) is 48.0 Å². The van der Waals surface area contributed by atoms with E-state index in [1.54, 1.807) is 17.5 Å². The molecule has 1 saturated heterocycles. The molecule has 0 aromatic carbocycles. The minimum Gasteiger partial charge on any atom is -0.378 e. The van der Waals surface area contributed by atoms with E-state index in [4.69, 9.17) is 4.74 Å². The molecule has 1 aliphatic heterocycles. The lowest BCUT2D eigenvalue weighted by Gasteiger charge is -2.26. The summed E-state index contributed by atoms with van der Waals surface area (Å²) in [4.78, 5) is 33.4. The molecule has 1 N–H and O–H groups in total. The predicted molar refractivity (Wildman–Crippen MR) is 103 cm³/mol. The lowest BCUT2D eigenvalue weighted by Crippen LogP contribution is -2.40. The van der Waals surface area contributed by atoms with Gasteiger partial charge in [0.1, 0.15) is 0 Å². The van der Waals surface area contributed by atoms with Gasteiger partial charge in [-0.2, -0.15) is 0 Å². The number of amides is 2. The zero-order valence-corrected chi connectivity index (χ0v) is 16.0. The Morgan fingerprint density at radius 2 is 2.15 bits per heavy atom. The zero-order chi connectivity index (χ0) is 18.6. The molecule has 3 heterocycles. The first-order valence-electron chi connectivity index (χ1n) is 9.37. The number of carbonyl (C=O) groups excluding carboxylic acids is 2. The van der Waals surface area contributed by atoms with Crippen molar-refractivity contribution in [1.82, 2.24) is 15.2 Å². The highest BCUT2D eigenvalue weighted by Crippen LogP contribution is 2.33. The average molecular weight is 385 g/mol. The fourth-order valence-corrected chi connectivity index (χ4v) is 4.78. The summed E-state index contributed by atoms with van der Waals surface area (Å²) in [6.45, 7) is 2.97. The van der Waals surface area contributed by atoms with Crippen molar-refractivity contribution in [3.8, 4) is 0 Å². The number of thiophene rings is 1. The first kappa shape index (κ1) is 18.1. The number of rotatable bonds is 4. The van der Waals surface area contributed by atoms with Crippen molar-refractivity contribution in [2.75, 3.05) is 26.3 Å². The largest absolute Gasteiger partial charge is 0.378 e. The fourth-order valence-electron chi connectivity index (χ4n) is 3.60. The summed E-state index contributed by atoms with van der Waals surface area (Å²) in [5, 5.41) is 2.99. The molecule has 142 valence electrons. The van der Waals surface area contributed by atoms with Crippen LogP contribution in [0.1, 0.15) is 32.2 Å². The number of pyridine rings is 1. The number of nitrogens with one attached hydrogen (secondary N) is 1. The lowest BCUT2D eigenvalue weighted by molar-refractivity contribution is -0.125. The Labute approximate surface area is 162 Å². The van der Waals surface area contributed by atoms with E-state index in [9.17, 15) is 9.59 Å². The van der Waals surface area contributed by atoms with Gasteiger partial charge in [-0.3, -0.25) is 14.6 Å². The first-order valence-corrected chi connectivity index (χ1v) is 10.2. The zero-order valence-electron chi connectivity index (χ0n) is 15.1. The molecule has 2 aromatic heterocycles. The van der Waals surface area contributed by atoms with E-state index in [2.05, 4.69) is 10.3 Å².